The van der Waals surface area contributed by atoms with E-state index in [9.17, 15) is 0 Å². The lowest BCUT2D eigenvalue weighted by atomic mass is 9.89. The van der Waals surface area contributed by atoms with E-state index in [4.69, 9.17) is 9.15 Å². The van der Waals surface area contributed by atoms with Crippen molar-refractivity contribution in [1.29, 1.82) is 0 Å². The van der Waals surface area contributed by atoms with Crippen molar-refractivity contribution in [3.8, 4) is 10.9 Å². The standard InChI is InChI=1S/C26H23N3O2S/c1-2-5-18(6-3-1)19-10-13-29(14-11-19)16-20-17-30-23-15-21(8-9-22(20)23)31-26-28-25-24(32-26)7-4-12-27-25/h1-9,12,15,17,19H,10-11,13-14,16H2. The zero-order valence-corrected chi connectivity index (χ0v) is 18.4. The largest absolute Gasteiger partial charge is 0.464 e. The summed E-state index contributed by atoms with van der Waals surface area (Å²) in [5, 5.41) is 1.74. The molecule has 5 aromatic rings. The third kappa shape index (κ3) is 3.87. The van der Waals surface area contributed by atoms with Crippen molar-refractivity contribution < 1.29 is 9.15 Å². The highest BCUT2D eigenvalue weighted by Gasteiger charge is 2.21. The van der Waals surface area contributed by atoms with Crippen LogP contribution in [0.5, 0.6) is 10.9 Å². The van der Waals surface area contributed by atoms with Gasteiger partial charge in [-0.1, -0.05) is 41.7 Å². The molecule has 5 nitrogen and oxygen atoms in total. The van der Waals surface area contributed by atoms with Crippen LogP contribution in [0.2, 0.25) is 0 Å². The van der Waals surface area contributed by atoms with Crippen molar-refractivity contribution in [2.45, 2.75) is 25.3 Å². The maximum absolute atomic E-state index is 5.98. The zero-order valence-electron chi connectivity index (χ0n) is 17.6. The lowest BCUT2D eigenvalue weighted by Gasteiger charge is -2.32. The number of pyridine rings is 1. The lowest BCUT2D eigenvalue weighted by Crippen LogP contribution is -2.32. The zero-order chi connectivity index (χ0) is 21.3. The van der Waals surface area contributed by atoms with E-state index < -0.39 is 0 Å². The van der Waals surface area contributed by atoms with Crippen LogP contribution in [0.1, 0.15) is 29.9 Å². The Kier molecular flexibility index (Phi) is 5.09. The summed E-state index contributed by atoms with van der Waals surface area (Å²) in [4.78, 5) is 11.2. The molecule has 2 aromatic carbocycles. The minimum atomic E-state index is 0.589. The fourth-order valence-corrected chi connectivity index (χ4v) is 5.33. The molecule has 6 heteroatoms. The van der Waals surface area contributed by atoms with Gasteiger partial charge in [0.15, 0.2) is 5.65 Å². The second-order valence-corrected chi connectivity index (χ2v) is 9.28. The third-order valence-electron chi connectivity index (χ3n) is 6.23. The second-order valence-electron chi connectivity index (χ2n) is 8.29. The number of aromatic nitrogens is 2. The van der Waals surface area contributed by atoms with Crippen LogP contribution in [0, 0.1) is 0 Å². The van der Waals surface area contributed by atoms with E-state index in [0.29, 0.717) is 16.8 Å². The highest BCUT2D eigenvalue weighted by Crippen LogP contribution is 2.34. The molecule has 0 amide bonds. The average molecular weight is 442 g/mol. The first-order valence-electron chi connectivity index (χ1n) is 11.0. The summed E-state index contributed by atoms with van der Waals surface area (Å²) in [6.07, 6.45) is 6.04. The Morgan fingerprint density at radius 1 is 1.03 bits per heavy atom. The Morgan fingerprint density at radius 2 is 1.91 bits per heavy atom. The molecular weight excluding hydrogens is 418 g/mol. The fraction of sp³-hybridized carbons (Fsp3) is 0.231. The average Bonchev–Trinajstić information content (AvgIpc) is 3.43. The van der Waals surface area contributed by atoms with Crippen LogP contribution in [0.3, 0.4) is 0 Å². The molecule has 0 radical (unpaired) electrons. The molecule has 0 unspecified atom stereocenters. The molecule has 4 heterocycles. The quantitative estimate of drug-likeness (QED) is 0.307. The molecule has 0 bridgehead atoms. The van der Waals surface area contributed by atoms with E-state index in [1.54, 1.807) is 6.20 Å². The highest BCUT2D eigenvalue weighted by atomic mass is 32.1. The topological polar surface area (TPSA) is 51.4 Å². The smallest absolute Gasteiger partial charge is 0.281 e. The summed E-state index contributed by atoms with van der Waals surface area (Å²) < 4.78 is 12.9. The monoisotopic (exact) mass is 441 g/mol. The molecule has 6 rings (SSSR count). The molecule has 160 valence electrons. The van der Waals surface area contributed by atoms with Crippen molar-refractivity contribution in [2.24, 2.45) is 0 Å². The number of hydrogen-bond acceptors (Lipinski definition) is 6. The first kappa shape index (κ1) is 19.5. The van der Waals surface area contributed by atoms with E-state index >= 15 is 0 Å². The van der Waals surface area contributed by atoms with Crippen LogP contribution in [-0.4, -0.2) is 28.0 Å². The van der Waals surface area contributed by atoms with E-state index in [2.05, 4.69) is 51.3 Å². The van der Waals surface area contributed by atoms with Crippen LogP contribution in [0.15, 0.2) is 77.5 Å². The maximum Gasteiger partial charge on any atom is 0.281 e. The van der Waals surface area contributed by atoms with Crippen molar-refractivity contribution >= 4 is 32.7 Å². The first-order valence-corrected chi connectivity index (χ1v) is 11.8. The Hall–Kier alpha value is -3.22. The molecule has 0 spiro atoms. The van der Waals surface area contributed by atoms with Gasteiger partial charge in [0.05, 0.1) is 11.0 Å². The van der Waals surface area contributed by atoms with Gasteiger partial charge in [-0.15, -0.1) is 0 Å². The number of likely N-dealkylation sites (tertiary alicyclic amines) is 1. The normalized spacial score (nSPS) is 15.5. The molecule has 0 N–H and O–H groups in total. The summed E-state index contributed by atoms with van der Waals surface area (Å²) in [5.74, 6) is 1.40. The predicted molar refractivity (Wildman–Crippen MR) is 127 cm³/mol. The fourth-order valence-electron chi connectivity index (χ4n) is 4.53. The Balaban J connectivity index is 1.13. The van der Waals surface area contributed by atoms with E-state index in [1.807, 2.05) is 30.5 Å². The summed E-state index contributed by atoms with van der Waals surface area (Å²) in [5.41, 5.74) is 4.26. The van der Waals surface area contributed by atoms with Crippen LogP contribution in [0.4, 0.5) is 0 Å². The highest BCUT2D eigenvalue weighted by molar-refractivity contribution is 7.20. The van der Waals surface area contributed by atoms with Crippen LogP contribution >= 0.6 is 11.3 Å². The van der Waals surface area contributed by atoms with Crippen molar-refractivity contribution in [1.82, 2.24) is 14.9 Å². The van der Waals surface area contributed by atoms with Gasteiger partial charge in [0, 0.05) is 29.8 Å². The van der Waals surface area contributed by atoms with Crippen LogP contribution in [-0.2, 0) is 6.54 Å². The van der Waals surface area contributed by atoms with Gasteiger partial charge in [0.1, 0.15) is 11.3 Å². The van der Waals surface area contributed by atoms with Gasteiger partial charge >= 0.3 is 0 Å². The Morgan fingerprint density at radius 3 is 2.75 bits per heavy atom. The SMILES string of the molecule is c1ccc(C2CCN(Cc3coc4cc(Oc5nc6ncccc6s5)ccc34)CC2)cc1. The number of fused-ring (bicyclic) bond motifs is 2. The van der Waals surface area contributed by atoms with Gasteiger partial charge in [-0.25, -0.2) is 4.98 Å². The van der Waals surface area contributed by atoms with E-state index in [0.717, 1.165) is 41.1 Å². The molecule has 1 fully saturated rings. The van der Waals surface area contributed by atoms with Gasteiger partial charge in [0.25, 0.3) is 5.19 Å². The summed E-state index contributed by atoms with van der Waals surface area (Å²) >= 11 is 1.49. The molecule has 0 saturated carbocycles. The van der Waals surface area contributed by atoms with Gasteiger partial charge in [-0.2, -0.15) is 4.98 Å². The molecule has 32 heavy (non-hydrogen) atoms. The van der Waals surface area contributed by atoms with Crippen LogP contribution < -0.4 is 4.74 Å². The second kappa shape index (κ2) is 8.37. The number of ether oxygens (including phenoxy) is 1. The molecule has 0 aliphatic carbocycles. The van der Waals surface area contributed by atoms with E-state index in [1.165, 1.54) is 35.3 Å². The number of rotatable bonds is 5. The summed E-state index contributed by atoms with van der Waals surface area (Å²) in [7, 11) is 0. The van der Waals surface area contributed by atoms with Gasteiger partial charge < -0.3 is 9.15 Å². The summed E-state index contributed by atoms with van der Waals surface area (Å²) in [6, 6.07) is 20.8. The molecule has 1 saturated heterocycles. The molecule has 3 aromatic heterocycles. The van der Waals surface area contributed by atoms with E-state index in [-0.39, 0.29) is 0 Å². The Bertz CT molecular complexity index is 1320. The van der Waals surface area contributed by atoms with Crippen LogP contribution in [0.25, 0.3) is 21.3 Å². The molecular formula is C26H23N3O2S. The Labute approximate surface area is 190 Å². The number of nitrogens with zero attached hydrogens (tertiary/aromatic N) is 3. The maximum atomic E-state index is 5.98. The number of thiazole rings is 1. The van der Waals surface area contributed by atoms with Crippen molar-refractivity contribution in [2.75, 3.05) is 13.1 Å². The number of hydrogen-bond donors (Lipinski definition) is 0. The van der Waals surface area contributed by atoms with Gasteiger partial charge in [0.2, 0.25) is 0 Å². The van der Waals surface area contributed by atoms with Gasteiger partial charge in [-0.05, 0) is 61.7 Å². The predicted octanol–water partition coefficient (Wildman–Crippen LogP) is 6.61. The molecule has 0 atom stereocenters. The lowest BCUT2D eigenvalue weighted by molar-refractivity contribution is 0.205. The number of piperidine rings is 1. The third-order valence-corrected chi connectivity index (χ3v) is 7.12. The molecule has 1 aliphatic rings. The van der Waals surface area contributed by atoms with Gasteiger partial charge in [-0.3, -0.25) is 4.90 Å². The summed E-state index contributed by atoms with van der Waals surface area (Å²) in [6.45, 7) is 3.14. The number of furan rings is 1. The minimum absolute atomic E-state index is 0.589. The minimum Gasteiger partial charge on any atom is -0.464 e. The number of benzene rings is 2. The van der Waals surface area contributed by atoms with Crippen molar-refractivity contribution in [3.63, 3.8) is 0 Å². The van der Waals surface area contributed by atoms with Crippen molar-refractivity contribution in [3.05, 3.63) is 84.3 Å². The first-order chi connectivity index (χ1) is 15.8. The molecule has 1 aliphatic heterocycles.